The number of para-hydroxylation sites is 1. The van der Waals surface area contributed by atoms with Gasteiger partial charge in [0.05, 0.1) is 5.52 Å². The Kier molecular flexibility index (Phi) is 2.37. The highest BCUT2D eigenvalue weighted by Crippen LogP contribution is 2.49. The number of halogens is 1. The zero-order valence-corrected chi connectivity index (χ0v) is 9.57. The SMILES string of the molecule is NCC(F)(c1cccc2cccnc12)C1CC1. The molecule has 3 rings (SSSR count). The van der Waals surface area contributed by atoms with E-state index in [9.17, 15) is 0 Å². The first-order valence-electron chi connectivity index (χ1n) is 5.99. The molecule has 2 nitrogen and oxygen atoms in total. The molecule has 88 valence electrons. The van der Waals surface area contributed by atoms with Crippen LogP contribution in [0.1, 0.15) is 18.4 Å². The number of benzene rings is 1. The van der Waals surface area contributed by atoms with Crippen molar-refractivity contribution in [1.29, 1.82) is 0 Å². The van der Waals surface area contributed by atoms with Crippen molar-refractivity contribution >= 4 is 10.9 Å². The lowest BCUT2D eigenvalue weighted by molar-refractivity contribution is 0.144. The highest BCUT2D eigenvalue weighted by atomic mass is 19.1. The maximum Gasteiger partial charge on any atom is 0.153 e. The summed E-state index contributed by atoms with van der Waals surface area (Å²) in [6.07, 6.45) is 3.56. The molecule has 0 bridgehead atoms. The third-order valence-corrected chi connectivity index (χ3v) is 3.60. The van der Waals surface area contributed by atoms with E-state index in [0.717, 1.165) is 23.7 Å². The van der Waals surface area contributed by atoms with Gasteiger partial charge in [-0.25, -0.2) is 4.39 Å². The van der Waals surface area contributed by atoms with Crippen LogP contribution >= 0.6 is 0 Å². The van der Waals surface area contributed by atoms with Gasteiger partial charge in [-0.2, -0.15) is 0 Å². The normalized spacial score (nSPS) is 19.2. The average molecular weight is 230 g/mol. The molecule has 2 aromatic rings. The van der Waals surface area contributed by atoms with Gasteiger partial charge in [0.15, 0.2) is 5.67 Å². The molecule has 1 aromatic carbocycles. The van der Waals surface area contributed by atoms with Crippen LogP contribution in [0.2, 0.25) is 0 Å². The van der Waals surface area contributed by atoms with Crippen molar-refractivity contribution in [1.82, 2.24) is 4.98 Å². The Hall–Kier alpha value is -1.48. The first-order chi connectivity index (χ1) is 8.25. The molecule has 1 saturated carbocycles. The number of rotatable bonds is 3. The summed E-state index contributed by atoms with van der Waals surface area (Å²) in [5, 5.41) is 0.973. The monoisotopic (exact) mass is 230 g/mol. The van der Waals surface area contributed by atoms with Crippen LogP contribution in [0.3, 0.4) is 0 Å². The van der Waals surface area contributed by atoms with Crippen LogP contribution in [0.25, 0.3) is 10.9 Å². The Morgan fingerprint density at radius 1 is 1.29 bits per heavy atom. The predicted octanol–water partition coefficient (Wildman–Crippen LogP) is 2.77. The van der Waals surface area contributed by atoms with Crippen LogP contribution in [-0.2, 0) is 5.67 Å². The van der Waals surface area contributed by atoms with E-state index < -0.39 is 5.67 Å². The van der Waals surface area contributed by atoms with Crippen LogP contribution in [0.4, 0.5) is 4.39 Å². The Bertz CT molecular complexity index is 545. The van der Waals surface area contributed by atoms with E-state index in [1.807, 2.05) is 30.3 Å². The maximum atomic E-state index is 15.0. The molecule has 1 aliphatic rings. The highest BCUT2D eigenvalue weighted by Gasteiger charge is 2.47. The van der Waals surface area contributed by atoms with E-state index in [4.69, 9.17) is 5.73 Å². The van der Waals surface area contributed by atoms with E-state index in [2.05, 4.69) is 4.98 Å². The predicted molar refractivity (Wildman–Crippen MR) is 66.3 cm³/mol. The molecule has 0 radical (unpaired) electrons. The number of hydrogen-bond donors (Lipinski definition) is 1. The van der Waals surface area contributed by atoms with Gasteiger partial charge in [-0.15, -0.1) is 0 Å². The highest BCUT2D eigenvalue weighted by molar-refractivity contribution is 5.82. The fourth-order valence-electron chi connectivity index (χ4n) is 2.48. The third-order valence-electron chi connectivity index (χ3n) is 3.60. The molecule has 0 saturated heterocycles. The molecule has 2 N–H and O–H groups in total. The van der Waals surface area contributed by atoms with Crippen LogP contribution in [0.5, 0.6) is 0 Å². The van der Waals surface area contributed by atoms with Gasteiger partial charge < -0.3 is 5.73 Å². The van der Waals surface area contributed by atoms with Crippen molar-refractivity contribution in [2.75, 3.05) is 6.54 Å². The number of alkyl halides is 1. The molecular formula is C14H15FN2. The van der Waals surface area contributed by atoms with Gasteiger partial charge in [0, 0.05) is 23.7 Å². The molecule has 1 unspecified atom stereocenters. The molecule has 1 atom stereocenters. The topological polar surface area (TPSA) is 38.9 Å². The molecule has 0 aliphatic heterocycles. The Balaban J connectivity index is 2.22. The minimum atomic E-state index is -1.41. The van der Waals surface area contributed by atoms with E-state index in [0.29, 0.717) is 5.56 Å². The summed E-state index contributed by atoms with van der Waals surface area (Å²) < 4.78 is 15.0. The van der Waals surface area contributed by atoms with E-state index in [-0.39, 0.29) is 12.5 Å². The van der Waals surface area contributed by atoms with Gasteiger partial charge in [0.2, 0.25) is 0 Å². The Morgan fingerprint density at radius 2 is 2.06 bits per heavy atom. The van der Waals surface area contributed by atoms with Crippen molar-refractivity contribution in [3.05, 3.63) is 42.1 Å². The summed E-state index contributed by atoms with van der Waals surface area (Å²) in [5.74, 6) is 0.0695. The lowest BCUT2D eigenvalue weighted by Gasteiger charge is -2.24. The number of nitrogens with two attached hydrogens (primary N) is 1. The maximum absolute atomic E-state index is 15.0. The molecule has 0 amide bonds. The van der Waals surface area contributed by atoms with Crippen molar-refractivity contribution in [2.45, 2.75) is 18.5 Å². The summed E-state index contributed by atoms with van der Waals surface area (Å²) in [4.78, 5) is 4.31. The van der Waals surface area contributed by atoms with Gasteiger partial charge >= 0.3 is 0 Å². The van der Waals surface area contributed by atoms with Crippen molar-refractivity contribution in [3.8, 4) is 0 Å². The molecule has 1 fully saturated rings. The van der Waals surface area contributed by atoms with E-state index in [1.165, 1.54) is 0 Å². The fraction of sp³-hybridized carbons (Fsp3) is 0.357. The van der Waals surface area contributed by atoms with Crippen LogP contribution < -0.4 is 5.73 Å². The zero-order chi connectivity index (χ0) is 11.9. The molecule has 1 heterocycles. The van der Waals surface area contributed by atoms with Crippen LogP contribution in [0.15, 0.2) is 36.5 Å². The molecule has 1 aliphatic carbocycles. The smallest absolute Gasteiger partial charge is 0.153 e. The van der Waals surface area contributed by atoms with Crippen molar-refractivity contribution in [2.24, 2.45) is 11.7 Å². The summed E-state index contributed by atoms with van der Waals surface area (Å²) in [5.41, 5.74) is 5.66. The second kappa shape index (κ2) is 3.77. The average Bonchev–Trinajstić information content (AvgIpc) is 3.22. The van der Waals surface area contributed by atoms with Crippen molar-refractivity contribution < 1.29 is 4.39 Å². The quantitative estimate of drug-likeness (QED) is 0.880. The lowest BCUT2D eigenvalue weighted by atomic mass is 9.89. The van der Waals surface area contributed by atoms with E-state index in [1.54, 1.807) is 6.20 Å². The Morgan fingerprint density at radius 3 is 2.76 bits per heavy atom. The summed E-state index contributed by atoms with van der Waals surface area (Å²) >= 11 is 0. The largest absolute Gasteiger partial charge is 0.327 e. The van der Waals surface area contributed by atoms with Crippen LogP contribution in [0, 0.1) is 5.92 Å². The lowest BCUT2D eigenvalue weighted by Crippen LogP contribution is -2.33. The minimum absolute atomic E-state index is 0.0351. The third kappa shape index (κ3) is 1.62. The van der Waals surface area contributed by atoms with Crippen LogP contribution in [-0.4, -0.2) is 11.5 Å². The molecule has 17 heavy (non-hydrogen) atoms. The molecule has 3 heteroatoms. The first kappa shape index (κ1) is 10.7. The summed E-state index contributed by atoms with van der Waals surface area (Å²) in [6, 6.07) is 9.48. The van der Waals surface area contributed by atoms with Crippen molar-refractivity contribution in [3.63, 3.8) is 0 Å². The molecular weight excluding hydrogens is 215 g/mol. The summed E-state index contributed by atoms with van der Waals surface area (Å²) in [6.45, 7) is 0.0351. The van der Waals surface area contributed by atoms with Gasteiger partial charge in [-0.1, -0.05) is 24.3 Å². The van der Waals surface area contributed by atoms with Gasteiger partial charge in [-0.3, -0.25) is 4.98 Å². The second-order valence-corrected chi connectivity index (χ2v) is 4.72. The van der Waals surface area contributed by atoms with Gasteiger partial charge in [0.1, 0.15) is 0 Å². The standard InChI is InChI=1S/C14H15FN2/c15-14(9-16,11-6-7-11)12-5-1-3-10-4-2-8-17-13(10)12/h1-5,8,11H,6-7,9,16H2. The number of aromatic nitrogens is 1. The number of fused-ring (bicyclic) bond motifs is 1. The van der Waals surface area contributed by atoms with Gasteiger partial charge in [0.25, 0.3) is 0 Å². The zero-order valence-electron chi connectivity index (χ0n) is 9.57. The molecule has 1 aromatic heterocycles. The minimum Gasteiger partial charge on any atom is -0.327 e. The first-order valence-corrected chi connectivity index (χ1v) is 5.99. The van der Waals surface area contributed by atoms with E-state index >= 15 is 4.39 Å². The number of nitrogens with zero attached hydrogens (tertiary/aromatic N) is 1. The fourth-order valence-corrected chi connectivity index (χ4v) is 2.48. The Labute approximate surface area is 99.7 Å². The molecule has 0 spiro atoms. The van der Waals surface area contributed by atoms with Gasteiger partial charge in [-0.05, 0) is 24.8 Å². The summed E-state index contributed by atoms with van der Waals surface area (Å²) in [7, 11) is 0. The number of hydrogen-bond acceptors (Lipinski definition) is 2. The number of pyridine rings is 1. The second-order valence-electron chi connectivity index (χ2n) is 4.72.